The largest absolute Gasteiger partial charge is 0.375 e. The SMILES string of the molecule is Cc1ccn(-c2ccc(C(=O)N[C@@H]3CCC(F)(F)C[C@@H]3C(=O)N3CCC4C(c5ncc[nH]5)Nc5ccc(F)cc5[C@@H]43)cc2)n1. The third kappa shape index (κ3) is 5.11. The summed E-state index contributed by atoms with van der Waals surface area (Å²) in [6.45, 7) is 2.20. The summed E-state index contributed by atoms with van der Waals surface area (Å²) in [6, 6.07) is 11.5. The van der Waals surface area contributed by atoms with E-state index in [2.05, 4.69) is 25.7 Å². The maximum atomic E-state index is 14.9. The topological polar surface area (TPSA) is 108 Å². The van der Waals surface area contributed by atoms with Crippen molar-refractivity contribution < 1.29 is 22.8 Å². The van der Waals surface area contributed by atoms with Gasteiger partial charge in [0.2, 0.25) is 11.8 Å². The van der Waals surface area contributed by atoms with Crippen molar-refractivity contribution in [1.82, 2.24) is 30.0 Å². The molecule has 3 N–H and O–H groups in total. The summed E-state index contributed by atoms with van der Waals surface area (Å²) in [7, 11) is 0. The lowest BCUT2D eigenvalue weighted by molar-refractivity contribution is -0.146. The Bertz CT molecular complexity index is 1690. The second kappa shape index (κ2) is 10.8. The van der Waals surface area contributed by atoms with E-state index in [-0.39, 0.29) is 18.4 Å². The molecule has 1 saturated heterocycles. The maximum absolute atomic E-state index is 14.9. The molecule has 5 atom stereocenters. The van der Waals surface area contributed by atoms with Crippen molar-refractivity contribution >= 4 is 17.5 Å². The van der Waals surface area contributed by atoms with Gasteiger partial charge in [0.05, 0.1) is 29.4 Å². The number of hydrogen-bond acceptors (Lipinski definition) is 5. The molecular weight excluding hydrogens is 571 g/mol. The van der Waals surface area contributed by atoms with E-state index in [1.165, 1.54) is 12.1 Å². The number of nitrogens with one attached hydrogen (secondary N) is 3. The summed E-state index contributed by atoms with van der Waals surface area (Å²) >= 11 is 0. The van der Waals surface area contributed by atoms with Crippen LogP contribution in [-0.2, 0) is 4.79 Å². The summed E-state index contributed by atoms with van der Waals surface area (Å²) < 4.78 is 45.9. The van der Waals surface area contributed by atoms with Crippen LogP contribution in [0.25, 0.3) is 5.69 Å². The van der Waals surface area contributed by atoms with Gasteiger partial charge in [0.1, 0.15) is 11.6 Å². The van der Waals surface area contributed by atoms with E-state index in [4.69, 9.17) is 0 Å². The van der Waals surface area contributed by atoms with Gasteiger partial charge in [-0.25, -0.2) is 22.8 Å². The standard InChI is InChI=1S/C32H32F3N7O2/c1-18-9-15-42(40-18)21-5-2-19(3-6-21)30(43)39-26-8-11-32(34,35)17-24(26)31(44)41-14-10-22-27(29-36-12-13-37-29)38-25-7-4-20(33)16-23(25)28(22)41/h2-7,9,12-13,15-16,22,24,26-28,38H,8,10-11,14,17H2,1H3,(H,36,37)(H,39,43)/t22?,24-,26+,27?,28+/m0/s1. The van der Waals surface area contributed by atoms with Gasteiger partial charge < -0.3 is 20.5 Å². The molecule has 2 aromatic carbocycles. The predicted octanol–water partition coefficient (Wildman–Crippen LogP) is 5.33. The van der Waals surface area contributed by atoms with Crippen molar-refractivity contribution in [2.24, 2.45) is 11.8 Å². The average Bonchev–Trinajstić information content (AvgIpc) is 3.79. The Kier molecular flexibility index (Phi) is 6.94. The van der Waals surface area contributed by atoms with Gasteiger partial charge in [-0.1, -0.05) is 0 Å². The molecule has 1 saturated carbocycles. The smallest absolute Gasteiger partial charge is 0.251 e. The summed E-state index contributed by atoms with van der Waals surface area (Å²) in [4.78, 5) is 36.7. The van der Waals surface area contributed by atoms with Crippen LogP contribution >= 0.6 is 0 Å². The maximum Gasteiger partial charge on any atom is 0.251 e. The van der Waals surface area contributed by atoms with Gasteiger partial charge in [0.25, 0.3) is 5.91 Å². The van der Waals surface area contributed by atoms with E-state index < -0.39 is 54.4 Å². The third-order valence-corrected chi connectivity index (χ3v) is 9.19. The quantitative estimate of drug-likeness (QED) is 0.286. The Morgan fingerprint density at radius 1 is 1.09 bits per heavy atom. The highest BCUT2D eigenvalue weighted by molar-refractivity contribution is 5.95. The normalized spacial score (nSPS) is 25.5. The van der Waals surface area contributed by atoms with Crippen LogP contribution in [-0.4, -0.2) is 55.0 Å². The molecule has 4 heterocycles. The van der Waals surface area contributed by atoms with Gasteiger partial charge in [0, 0.05) is 66.8 Å². The number of nitrogens with zero attached hydrogens (tertiary/aromatic N) is 4. The number of hydrogen-bond donors (Lipinski definition) is 3. The highest BCUT2D eigenvalue weighted by Crippen LogP contribution is 2.52. The number of aryl methyl sites for hydroxylation is 1. The molecule has 2 amide bonds. The molecule has 12 heteroatoms. The zero-order valence-electron chi connectivity index (χ0n) is 24.0. The van der Waals surface area contributed by atoms with Gasteiger partial charge in [-0.2, -0.15) is 5.10 Å². The molecule has 0 bridgehead atoms. The average molecular weight is 604 g/mol. The van der Waals surface area contributed by atoms with Crippen LogP contribution in [0.4, 0.5) is 18.9 Å². The Morgan fingerprint density at radius 2 is 1.91 bits per heavy atom. The zero-order chi connectivity index (χ0) is 30.6. The first-order valence-corrected chi connectivity index (χ1v) is 14.8. The number of fused-ring (bicyclic) bond motifs is 3. The van der Waals surface area contributed by atoms with Crippen molar-refractivity contribution in [3.63, 3.8) is 0 Å². The number of H-pyrrole nitrogens is 1. The molecule has 1 aliphatic carbocycles. The van der Waals surface area contributed by atoms with Gasteiger partial charge in [-0.3, -0.25) is 9.59 Å². The van der Waals surface area contributed by atoms with Crippen LogP contribution < -0.4 is 10.6 Å². The van der Waals surface area contributed by atoms with Crippen LogP contribution in [0, 0.1) is 24.6 Å². The molecule has 4 aromatic rings. The number of aromatic nitrogens is 4. The third-order valence-electron chi connectivity index (χ3n) is 9.19. The van der Waals surface area contributed by atoms with Gasteiger partial charge in [0.15, 0.2) is 0 Å². The van der Waals surface area contributed by atoms with Crippen molar-refractivity contribution in [3.8, 4) is 5.69 Å². The van der Waals surface area contributed by atoms with Crippen LogP contribution in [0.15, 0.2) is 67.1 Å². The highest BCUT2D eigenvalue weighted by atomic mass is 19.3. The Balaban J connectivity index is 1.15. The van der Waals surface area contributed by atoms with Crippen molar-refractivity contribution in [3.05, 3.63) is 95.6 Å². The van der Waals surface area contributed by atoms with Crippen LogP contribution in [0.3, 0.4) is 0 Å². The first-order valence-electron chi connectivity index (χ1n) is 14.8. The predicted molar refractivity (Wildman–Crippen MR) is 156 cm³/mol. The van der Waals surface area contributed by atoms with E-state index in [0.717, 1.165) is 11.4 Å². The minimum absolute atomic E-state index is 0.0382. The summed E-state index contributed by atoms with van der Waals surface area (Å²) in [5, 5.41) is 10.7. The monoisotopic (exact) mass is 603 g/mol. The molecule has 3 aliphatic rings. The Morgan fingerprint density at radius 3 is 2.64 bits per heavy atom. The number of amides is 2. The molecule has 9 nitrogen and oxygen atoms in total. The fraction of sp³-hybridized carbons (Fsp3) is 0.375. The van der Waals surface area contributed by atoms with Crippen LogP contribution in [0.5, 0.6) is 0 Å². The number of halogens is 3. The molecule has 0 radical (unpaired) electrons. The molecule has 2 aromatic heterocycles. The van der Waals surface area contributed by atoms with Crippen LogP contribution in [0.1, 0.15) is 65.2 Å². The number of carbonyl (C=O) groups is 2. The number of anilines is 1. The van der Waals surface area contributed by atoms with Crippen molar-refractivity contribution in [2.45, 2.75) is 56.7 Å². The number of rotatable bonds is 5. The summed E-state index contributed by atoms with van der Waals surface area (Å²) in [6.07, 6.45) is 4.62. The lowest BCUT2D eigenvalue weighted by Crippen LogP contribution is -2.53. The van der Waals surface area contributed by atoms with Gasteiger partial charge >= 0.3 is 0 Å². The summed E-state index contributed by atoms with van der Waals surface area (Å²) in [5.41, 5.74) is 3.26. The van der Waals surface area contributed by atoms with E-state index in [1.54, 1.807) is 52.3 Å². The lowest BCUT2D eigenvalue weighted by atomic mass is 9.79. The first-order chi connectivity index (χ1) is 21.2. The Hall–Kier alpha value is -4.61. The molecule has 2 aliphatic heterocycles. The molecule has 228 valence electrons. The minimum atomic E-state index is -3.04. The number of carbonyl (C=O) groups excluding carboxylic acids is 2. The van der Waals surface area contributed by atoms with E-state index >= 15 is 0 Å². The fourth-order valence-electron chi connectivity index (χ4n) is 7.07. The lowest BCUT2D eigenvalue weighted by Gasteiger charge is -2.42. The van der Waals surface area contributed by atoms with E-state index in [0.29, 0.717) is 35.6 Å². The molecule has 2 unspecified atom stereocenters. The first kappa shape index (κ1) is 28.2. The van der Waals surface area contributed by atoms with E-state index in [9.17, 15) is 22.8 Å². The van der Waals surface area contributed by atoms with Gasteiger partial charge in [-0.15, -0.1) is 0 Å². The van der Waals surface area contributed by atoms with Crippen LogP contribution in [0.2, 0.25) is 0 Å². The molecular formula is C32H32F3N7O2. The van der Waals surface area contributed by atoms with Crippen molar-refractivity contribution in [2.75, 3.05) is 11.9 Å². The molecule has 2 fully saturated rings. The van der Waals surface area contributed by atoms with Crippen molar-refractivity contribution in [1.29, 1.82) is 0 Å². The number of benzene rings is 2. The highest BCUT2D eigenvalue weighted by Gasteiger charge is 2.52. The summed E-state index contributed by atoms with van der Waals surface area (Å²) in [5.74, 6) is -4.99. The van der Waals surface area contributed by atoms with Gasteiger partial charge in [-0.05, 0) is 68.3 Å². The fourth-order valence-corrected chi connectivity index (χ4v) is 7.07. The number of imidazole rings is 1. The number of alkyl halides is 2. The number of likely N-dealkylation sites (tertiary alicyclic amines) is 1. The van der Waals surface area contributed by atoms with E-state index in [1.807, 2.05) is 19.2 Å². The second-order valence-electron chi connectivity index (χ2n) is 12.0. The second-order valence-corrected chi connectivity index (χ2v) is 12.0. The Labute approximate surface area is 251 Å². The zero-order valence-corrected chi connectivity index (χ0v) is 24.0. The number of aromatic amines is 1. The molecule has 0 spiro atoms. The molecule has 7 rings (SSSR count). The molecule has 44 heavy (non-hydrogen) atoms. The minimum Gasteiger partial charge on any atom is -0.375 e.